The highest BCUT2D eigenvalue weighted by molar-refractivity contribution is 8.16. The molecule has 2 heterocycles. The summed E-state index contributed by atoms with van der Waals surface area (Å²) < 4.78 is 0. The fourth-order valence-corrected chi connectivity index (χ4v) is 6.63. The number of nitrogens with one attached hydrogen (secondary N) is 1. The van der Waals surface area contributed by atoms with E-state index >= 15 is 0 Å². The van der Waals surface area contributed by atoms with E-state index < -0.39 is 5.25 Å². The summed E-state index contributed by atoms with van der Waals surface area (Å²) in [6, 6.07) is 21.1. The molecule has 3 aromatic rings. The van der Waals surface area contributed by atoms with Crippen LogP contribution < -0.4 is 10.2 Å². The summed E-state index contributed by atoms with van der Waals surface area (Å²) in [4.78, 5) is 33.8. The van der Waals surface area contributed by atoms with E-state index in [0.29, 0.717) is 15.7 Å². The fraction of sp³-hybridized carbons (Fsp3) is 0.231. The number of anilines is 2. The standard InChI is InChI=1S/C26H22N4O2S2/c27-16-20-19-13-7-8-14-21(19)33-24(20)29-23(31)15-22-25(32)30(18-11-5-2-6-12-18)26(34-22)28-17-9-3-1-4-10-17/h1-6,9-12,22H,7-8,13-15H2,(H,29,31)/t22-/m0/s1. The van der Waals surface area contributed by atoms with E-state index in [0.717, 1.165) is 42.6 Å². The number of carbonyl (C=O) groups excluding carboxylic acids is 2. The second-order valence-corrected chi connectivity index (χ2v) is 10.4. The SMILES string of the molecule is N#Cc1c(NC(=O)C[C@@H]2SC(=Nc3ccccc3)N(c3ccccc3)C2=O)sc2c1CCCC2. The van der Waals surface area contributed by atoms with Gasteiger partial charge in [-0.3, -0.25) is 14.5 Å². The molecule has 2 aromatic carbocycles. The van der Waals surface area contributed by atoms with Gasteiger partial charge in [0.1, 0.15) is 16.3 Å². The summed E-state index contributed by atoms with van der Waals surface area (Å²) in [5.74, 6) is -0.443. The van der Waals surface area contributed by atoms with Gasteiger partial charge in [0.15, 0.2) is 5.17 Å². The summed E-state index contributed by atoms with van der Waals surface area (Å²) in [5.41, 5.74) is 3.12. The van der Waals surface area contributed by atoms with Crippen LogP contribution in [0.4, 0.5) is 16.4 Å². The van der Waals surface area contributed by atoms with Crippen molar-refractivity contribution in [3.63, 3.8) is 0 Å². The highest BCUT2D eigenvalue weighted by Gasteiger charge is 2.40. The Morgan fingerprint density at radius 2 is 1.79 bits per heavy atom. The molecule has 6 nitrogen and oxygen atoms in total. The van der Waals surface area contributed by atoms with Crippen LogP contribution in [0.3, 0.4) is 0 Å². The van der Waals surface area contributed by atoms with Gasteiger partial charge in [-0.1, -0.05) is 48.2 Å². The largest absolute Gasteiger partial charge is 0.317 e. The van der Waals surface area contributed by atoms with Gasteiger partial charge in [0, 0.05) is 11.3 Å². The third-order valence-electron chi connectivity index (χ3n) is 5.84. The van der Waals surface area contributed by atoms with Crippen molar-refractivity contribution >= 4 is 56.5 Å². The number of amidine groups is 1. The van der Waals surface area contributed by atoms with E-state index in [1.807, 2.05) is 60.7 Å². The van der Waals surface area contributed by atoms with Crippen molar-refractivity contribution in [1.82, 2.24) is 0 Å². The van der Waals surface area contributed by atoms with Crippen LogP contribution in [-0.2, 0) is 22.4 Å². The number of hydrogen-bond acceptors (Lipinski definition) is 6. The second kappa shape index (κ2) is 9.84. The lowest BCUT2D eigenvalue weighted by Crippen LogP contribution is -2.33. The fourth-order valence-electron chi connectivity index (χ4n) is 4.22. The molecule has 0 spiro atoms. The van der Waals surface area contributed by atoms with Crippen molar-refractivity contribution < 1.29 is 9.59 Å². The molecule has 1 aliphatic carbocycles. The van der Waals surface area contributed by atoms with Crippen LogP contribution in [0.5, 0.6) is 0 Å². The average molecular weight is 487 g/mol. The molecule has 1 saturated heterocycles. The van der Waals surface area contributed by atoms with Gasteiger partial charge in [-0.2, -0.15) is 5.26 Å². The van der Waals surface area contributed by atoms with Crippen molar-refractivity contribution in [2.75, 3.05) is 10.2 Å². The first-order valence-corrected chi connectivity index (χ1v) is 12.9. The summed E-state index contributed by atoms with van der Waals surface area (Å²) in [5, 5.41) is 13.1. The highest BCUT2D eigenvalue weighted by atomic mass is 32.2. The van der Waals surface area contributed by atoms with E-state index in [2.05, 4.69) is 11.4 Å². The molecule has 2 aliphatic rings. The van der Waals surface area contributed by atoms with Crippen LogP contribution in [0.25, 0.3) is 0 Å². The molecular weight excluding hydrogens is 464 g/mol. The molecule has 1 atom stereocenters. The Labute approximate surface area is 206 Å². The maximum atomic E-state index is 13.4. The number of fused-ring (bicyclic) bond motifs is 1. The van der Waals surface area contributed by atoms with Gasteiger partial charge < -0.3 is 5.32 Å². The highest BCUT2D eigenvalue weighted by Crippen LogP contribution is 2.39. The number of nitrogens with zero attached hydrogens (tertiary/aromatic N) is 3. The number of carbonyl (C=O) groups is 2. The molecule has 1 fully saturated rings. The lowest BCUT2D eigenvalue weighted by molar-refractivity contribution is -0.121. The number of aryl methyl sites for hydroxylation is 1. The summed E-state index contributed by atoms with van der Waals surface area (Å²) >= 11 is 2.79. The van der Waals surface area contributed by atoms with E-state index in [1.165, 1.54) is 28.0 Å². The van der Waals surface area contributed by atoms with E-state index in [4.69, 9.17) is 4.99 Å². The molecule has 8 heteroatoms. The van der Waals surface area contributed by atoms with E-state index in [-0.39, 0.29) is 18.2 Å². The molecule has 1 aliphatic heterocycles. The molecular formula is C26H22N4O2S2. The Bertz CT molecular complexity index is 1300. The Kier molecular flexibility index (Phi) is 6.48. The smallest absolute Gasteiger partial charge is 0.247 e. The zero-order valence-corrected chi connectivity index (χ0v) is 20.0. The Balaban J connectivity index is 1.37. The van der Waals surface area contributed by atoms with Crippen molar-refractivity contribution in [2.24, 2.45) is 4.99 Å². The quantitative estimate of drug-likeness (QED) is 0.504. The minimum absolute atomic E-state index is 0.00801. The zero-order valence-electron chi connectivity index (χ0n) is 18.4. The number of benzene rings is 2. The monoisotopic (exact) mass is 486 g/mol. The van der Waals surface area contributed by atoms with Crippen LogP contribution >= 0.6 is 23.1 Å². The second-order valence-electron chi connectivity index (χ2n) is 8.12. The number of thioether (sulfide) groups is 1. The summed E-state index contributed by atoms with van der Waals surface area (Å²) in [7, 11) is 0. The number of thiophene rings is 1. The topological polar surface area (TPSA) is 85.6 Å². The normalized spacial score (nSPS) is 18.6. The van der Waals surface area contributed by atoms with Gasteiger partial charge >= 0.3 is 0 Å². The van der Waals surface area contributed by atoms with Gasteiger partial charge in [-0.15, -0.1) is 11.3 Å². The lowest BCUT2D eigenvalue weighted by atomic mass is 9.96. The third kappa shape index (κ3) is 4.49. The van der Waals surface area contributed by atoms with Gasteiger partial charge in [-0.05, 0) is 55.5 Å². The molecule has 2 amide bonds. The van der Waals surface area contributed by atoms with Gasteiger partial charge in [-0.25, -0.2) is 4.99 Å². The van der Waals surface area contributed by atoms with Crippen LogP contribution in [0.2, 0.25) is 0 Å². The van der Waals surface area contributed by atoms with Crippen molar-refractivity contribution in [3.05, 3.63) is 76.7 Å². The minimum atomic E-state index is -0.595. The molecule has 0 radical (unpaired) electrons. The summed E-state index contributed by atoms with van der Waals surface area (Å²) in [6.45, 7) is 0. The number of amides is 2. The van der Waals surface area contributed by atoms with Crippen LogP contribution in [0, 0.1) is 11.3 Å². The Hall–Kier alpha value is -3.41. The lowest BCUT2D eigenvalue weighted by Gasteiger charge is -2.16. The van der Waals surface area contributed by atoms with Crippen molar-refractivity contribution in [1.29, 1.82) is 5.26 Å². The van der Waals surface area contributed by atoms with Gasteiger partial charge in [0.05, 0.1) is 16.9 Å². The van der Waals surface area contributed by atoms with E-state index in [1.54, 1.807) is 4.90 Å². The third-order valence-corrected chi connectivity index (χ3v) is 8.18. The number of para-hydroxylation sites is 2. The van der Waals surface area contributed by atoms with Crippen LogP contribution in [-0.4, -0.2) is 22.2 Å². The molecule has 0 bridgehead atoms. The molecule has 170 valence electrons. The Morgan fingerprint density at radius 3 is 2.53 bits per heavy atom. The molecule has 1 N–H and O–H groups in total. The maximum Gasteiger partial charge on any atom is 0.247 e. The van der Waals surface area contributed by atoms with Crippen molar-refractivity contribution in [3.8, 4) is 6.07 Å². The average Bonchev–Trinajstić information content (AvgIpc) is 3.36. The van der Waals surface area contributed by atoms with E-state index in [9.17, 15) is 14.9 Å². The van der Waals surface area contributed by atoms with Crippen LogP contribution in [0.1, 0.15) is 35.3 Å². The number of rotatable bonds is 5. The molecule has 0 saturated carbocycles. The number of nitriles is 1. The first-order valence-electron chi connectivity index (χ1n) is 11.2. The number of aliphatic imine (C=N–C) groups is 1. The van der Waals surface area contributed by atoms with Gasteiger partial charge in [0.2, 0.25) is 11.8 Å². The number of hydrogen-bond donors (Lipinski definition) is 1. The maximum absolute atomic E-state index is 13.4. The molecule has 5 rings (SSSR count). The first-order chi connectivity index (χ1) is 16.6. The van der Waals surface area contributed by atoms with Crippen molar-refractivity contribution in [2.45, 2.75) is 37.4 Å². The minimum Gasteiger partial charge on any atom is -0.317 e. The predicted molar refractivity (Wildman–Crippen MR) is 138 cm³/mol. The predicted octanol–water partition coefficient (Wildman–Crippen LogP) is 5.66. The molecule has 0 unspecified atom stereocenters. The van der Waals surface area contributed by atoms with Gasteiger partial charge in [0.25, 0.3) is 0 Å². The first kappa shape index (κ1) is 22.4. The molecule has 1 aromatic heterocycles. The zero-order chi connectivity index (χ0) is 23.5. The molecule has 34 heavy (non-hydrogen) atoms. The Morgan fingerprint density at radius 1 is 1.09 bits per heavy atom. The van der Waals surface area contributed by atoms with Crippen LogP contribution in [0.15, 0.2) is 65.7 Å². The summed E-state index contributed by atoms with van der Waals surface area (Å²) in [6.07, 6.45) is 4.02.